The number of carboxylic acid groups (broad SMARTS) is 1. The lowest BCUT2D eigenvalue weighted by Gasteiger charge is -2.21. The van der Waals surface area contributed by atoms with E-state index in [0.29, 0.717) is 45.3 Å². The number of nitrogens with zero attached hydrogens (tertiary/aromatic N) is 1. The van der Waals surface area contributed by atoms with Crippen LogP contribution in [0.5, 0.6) is 17.2 Å². The van der Waals surface area contributed by atoms with Crippen LogP contribution in [0.3, 0.4) is 0 Å². The molecule has 1 fully saturated rings. The van der Waals surface area contributed by atoms with Gasteiger partial charge in [-0.2, -0.15) is 0 Å². The first-order chi connectivity index (χ1) is 12.0. The summed E-state index contributed by atoms with van der Waals surface area (Å²) in [4.78, 5) is 24.9. The Labute approximate surface area is 153 Å². The van der Waals surface area contributed by atoms with E-state index in [1.54, 1.807) is 18.2 Å². The Hall–Kier alpha value is -2.26. The average molecular weight is 381 g/mol. The molecule has 2 aliphatic heterocycles. The van der Waals surface area contributed by atoms with Gasteiger partial charge in [0.1, 0.15) is 17.5 Å². The molecule has 9 heteroatoms. The molecular weight excluding hydrogens is 366 g/mol. The van der Waals surface area contributed by atoms with Crippen LogP contribution >= 0.6 is 24.0 Å². The maximum absolute atomic E-state index is 12.4. The van der Waals surface area contributed by atoms with E-state index in [9.17, 15) is 9.59 Å². The van der Waals surface area contributed by atoms with E-state index in [4.69, 9.17) is 31.5 Å². The van der Waals surface area contributed by atoms with Gasteiger partial charge in [-0.1, -0.05) is 24.0 Å². The van der Waals surface area contributed by atoms with E-state index in [-0.39, 0.29) is 18.9 Å². The Bertz CT molecular complexity index is 759. The van der Waals surface area contributed by atoms with Crippen LogP contribution < -0.4 is 14.2 Å². The number of hydrogen-bond acceptors (Lipinski definition) is 7. The van der Waals surface area contributed by atoms with Gasteiger partial charge in [0.15, 0.2) is 11.5 Å². The first-order valence-corrected chi connectivity index (χ1v) is 8.67. The van der Waals surface area contributed by atoms with Crippen molar-refractivity contribution in [3.8, 4) is 17.2 Å². The fourth-order valence-electron chi connectivity index (χ4n) is 2.43. The summed E-state index contributed by atoms with van der Waals surface area (Å²) < 4.78 is 16.8. The molecular formula is C16H15NO6S2. The molecule has 2 heterocycles. The smallest absolute Gasteiger partial charge is 0.305 e. The average Bonchev–Trinajstić information content (AvgIpc) is 2.85. The molecule has 0 unspecified atom stereocenters. The minimum Gasteiger partial charge on any atom is -0.493 e. The zero-order valence-corrected chi connectivity index (χ0v) is 14.9. The number of carbonyl (C=O) groups excluding carboxylic acids is 1. The number of ether oxygens (including phenoxy) is 3. The van der Waals surface area contributed by atoms with Crippen LogP contribution in [-0.2, 0) is 9.59 Å². The van der Waals surface area contributed by atoms with Gasteiger partial charge in [-0.15, -0.1) is 0 Å². The highest BCUT2D eigenvalue weighted by atomic mass is 32.2. The molecule has 1 aromatic carbocycles. The van der Waals surface area contributed by atoms with Crippen molar-refractivity contribution in [3.05, 3.63) is 22.6 Å². The Morgan fingerprint density at radius 2 is 2.20 bits per heavy atom. The number of carboxylic acids is 1. The second-order valence-electron chi connectivity index (χ2n) is 5.22. The van der Waals surface area contributed by atoms with Gasteiger partial charge in [0.2, 0.25) is 5.75 Å². The molecule has 1 aromatic rings. The molecule has 1 N–H and O–H groups in total. The van der Waals surface area contributed by atoms with E-state index in [2.05, 4.69) is 0 Å². The Kier molecular flexibility index (Phi) is 5.14. The lowest BCUT2D eigenvalue weighted by molar-refractivity contribution is -0.137. The summed E-state index contributed by atoms with van der Waals surface area (Å²) in [5.41, 5.74) is 0.708. The SMILES string of the molecule is COc1cc(/C=C2\SC(=S)N(CCC(=O)O)C2=O)cc2c1OCCO2. The van der Waals surface area contributed by atoms with Gasteiger partial charge >= 0.3 is 5.97 Å². The normalized spacial score (nSPS) is 18.0. The molecule has 0 radical (unpaired) electrons. The number of rotatable bonds is 5. The number of amides is 1. The van der Waals surface area contributed by atoms with Crippen molar-refractivity contribution in [3.63, 3.8) is 0 Å². The summed E-state index contributed by atoms with van der Waals surface area (Å²) in [6.45, 7) is 0.948. The fraction of sp³-hybridized carbons (Fsp3) is 0.312. The maximum atomic E-state index is 12.4. The third kappa shape index (κ3) is 3.72. The van der Waals surface area contributed by atoms with Crippen molar-refractivity contribution in [1.82, 2.24) is 4.90 Å². The molecule has 2 aliphatic rings. The molecule has 1 amide bonds. The third-order valence-electron chi connectivity index (χ3n) is 3.57. The van der Waals surface area contributed by atoms with Gasteiger partial charge in [0.05, 0.1) is 18.4 Å². The molecule has 25 heavy (non-hydrogen) atoms. The largest absolute Gasteiger partial charge is 0.493 e. The van der Waals surface area contributed by atoms with Gasteiger partial charge < -0.3 is 19.3 Å². The van der Waals surface area contributed by atoms with Crippen molar-refractivity contribution < 1.29 is 28.9 Å². The van der Waals surface area contributed by atoms with E-state index in [1.807, 2.05) is 0 Å². The topological polar surface area (TPSA) is 85.3 Å². The molecule has 0 bridgehead atoms. The van der Waals surface area contributed by atoms with Gasteiger partial charge in [0, 0.05) is 6.54 Å². The predicted molar refractivity (Wildman–Crippen MR) is 96.1 cm³/mol. The van der Waals surface area contributed by atoms with Gasteiger partial charge in [-0.25, -0.2) is 0 Å². The second kappa shape index (κ2) is 7.32. The van der Waals surface area contributed by atoms with Crippen molar-refractivity contribution >= 4 is 46.3 Å². The van der Waals surface area contributed by atoms with E-state index in [1.165, 1.54) is 12.0 Å². The number of fused-ring (bicyclic) bond motifs is 1. The lowest BCUT2D eigenvalue weighted by Crippen LogP contribution is -2.30. The number of hydrogen-bond donors (Lipinski definition) is 1. The summed E-state index contributed by atoms with van der Waals surface area (Å²) in [5, 5.41) is 8.78. The van der Waals surface area contributed by atoms with Crippen LogP contribution in [0.2, 0.25) is 0 Å². The minimum absolute atomic E-state index is 0.0573. The predicted octanol–water partition coefficient (Wildman–Crippen LogP) is 2.14. The first-order valence-electron chi connectivity index (χ1n) is 7.44. The number of methoxy groups -OCH3 is 1. The highest BCUT2D eigenvalue weighted by molar-refractivity contribution is 8.26. The molecule has 0 saturated carbocycles. The summed E-state index contributed by atoms with van der Waals surface area (Å²) in [5.74, 6) is 0.336. The van der Waals surface area contributed by atoms with E-state index >= 15 is 0 Å². The number of thioether (sulfide) groups is 1. The quantitative estimate of drug-likeness (QED) is 0.613. The highest BCUT2D eigenvalue weighted by Gasteiger charge is 2.32. The Morgan fingerprint density at radius 1 is 1.44 bits per heavy atom. The lowest BCUT2D eigenvalue weighted by atomic mass is 10.1. The third-order valence-corrected chi connectivity index (χ3v) is 4.95. The van der Waals surface area contributed by atoms with Gasteiger partial charge in [0.25, 0.3) is 5.91 Å². The molecule has 0 aromatic heterocycles. The number of carbonyl (C=O) groups is 2. The second-order valence-corrected chi connectivity index (χ2v) is 6.90. The van der Waals surface area contributed by atoms with E-state index < -0.39 is 5.97 Å². The molecule has 0 spiro atoms. The monoisotopic (exact) mass is 381 g/mol. The summed E-state index contributed by atoms with van der Waals surface area (Å²) in [6, 6.07) is 3.51. The maximum Gasteiger partial charge on any atom is 0.305 e. The summed E-state index contributed by atoms with van der Waals surface area (Å²) in [6.07, 6.45) is 1.53. The van der Waals surface area contributed by atoms with Crippen molar-refractivity contribution in [1.29, 1.82) is 0 Å². The minimum atomic E-state index is -0.977. The van der Waals surface area contributed by atoms with Crippen LogP contribution in [0, 0.1) is 0 Å². The van der Waals surface area contributed by atoms with Crippen molar-refractivity contribution in [2.24, 2.45) is 0 Å². The molecule has 132 valence electrons. The van der Waals surface area contributed by atoms with Crippen molar-refractivity contribution in [2.45, 2.75) is 6.42 Å². The van der Waals surface area contributed by atoms with E-state index in [0.717, 1.165) is 11.8 Å². The fourth-order valence-corrected chi connectivity index (χ4v) is 3.74. The standard InChI is InChI=1S/C16H15NO6S2/c1-21-10-6-9(7-11-14(10)23-5-4-22-11)8-12-15(20)17(16(24)25-12)3-2-13(18)19/h6-8H,2-5H2,1H3,(H,18,19)/b12-8-. The molecule has 7 nitrogen and oxygen atoms in total. The molecule has 1 saturated heterocycles. The van der Waals surface area contributed by atoms with Crippen LogP contribution in [0.1, 0.15) is 12.0 Å². The van der Waals surface area contributed by atoms with Crippen LogP contribution in [-0.4, -0.2) is 53.1 Å². The molecule has 0 aliphatic carbocycles. The Balaban J connectivity index is 1.87. The Morgan fingerprint density at radius 3 is 2.92 bits per heavy atom. The molecule has 3 rings (SSSR count). The van der Waals surface area contributed by atoms with Crippen LogP contribution in [0.15, 0.2) is 17.0 Å². The molecule has 0 atom stereocenters. The zero-order chi connectivity index (χ0) is 18.0. The number of aliphatic carboxylic acids is 1. The van der Waals surface area contributed by atoms with Crippen LogP contribution in [0.25, 0.3) is 6.08 Å². The van der Waals surface area contributed by atoms with Gasteiger partial charge in [-0.3, -0.25) is 14.5 Å². The first kappa shape index (κ1) is 17.6. The van der Waals surface area contributed by atoms with Crippen LogP contribution in [0.4, 0.5) is 0 Å². The number of benzene rings is 1. The summed E-state index contributed by atoms with van der Waals surface area (Å²) in [7, 11) is 1.53. The van der Waals surface area contributed by atoms with Gasteiger partial charge in [-0.05, 0) is 23.8 Å². The number of thiocarbonyl (C=S) groups is 1. The van der Waals surface area contributed by atoms with Crippen molar-refractivity contribution in [2.75, 3.05) is 26.9 Å². The highest BCUT2D eigenvalue weighted by Crippen LogP contribution is 2.42. The zero-order valence-electron chi connectivity index (χ0n) is 13.3. The summed E-state index contributed by atoms with van der Waals surface area (Å²) >= 11 is 6.32.